The van der Waals surface area contributed by atoms with Gasteiger partial charge in [-0.05, 0) is 6.54 Å². The second-order valence-corrected chi connectivity index (χ2v) is 6.95. The van der Waals surface area contributed by atoms with Crippen molar-refractivity contribution in [1.82, 2.24) is 4.23 Å². The van der Waals surface area contributed by atoms with Crippen LogP contribution in [0.1, 0.15) is 13.8 Å². The van der Waals surface area contributed by atoms with E-state index in [0.717, 1.165) is 0 Å². The Balaban J connectivity index is 2.83. The molecule has 0 rings (SSSR count). The van der Waals surface area contributed by atoms with Crippen LogP contribution in [-0.4, -0.2) is 30.9 Å². The lowest BCUT2D eigenvalue weighted by molar-refractivity contribution is 0.726. The Morgan fingerprint density at radius 3 is 2.29 bits per heavy atom. The Labute approximate surface area is 51.5 Å². The average molecular weight is 133 g/mol. The molecule has 0 aromatic rings. The van der Waals surface area contributed by atoms with Crippen molar-refractivity contribution in [2.45, 2.75) is 19.9 Å². The van der Waals surface area contributed by atoms with E-state index in [1.54, 1.807) is 0 Å². The molecule has 0 saturated heterocycles. The summed E-state index contributed by atoms with van der Waals surface area (Å²) in [6.07, 6.45) is 0. The van der Waals surface area contributed by atoms with Gasteiger partial charge in [0.1, 0.15) is 0 Å². The standard InChI is InChI=1S/C4H15NSi2/c1-3-5(6)7-4-2/h3-4,7H2,1-2,6H3. The zero-order valence-corrected chi connectivity index (χ0v) is 8.98. The minimum absolute atomic E-state index is 0.241. The van der Waals surface area contributed by atoms with E-state index in [1.165, 1.54) is 23.0 Å². The molecule has 0 fully saturated rings. The van der Waals surface area contributed by atoms with Crippen LogP contribution < -0.4 is 0 Å². The fraction of sp³-hybridized carbons (Fsp3) is 1.00. The van der Waals surface area contributed by atoms with Gasteiger partial charge in [0.05, 0.1) is 20.1 Å². The summed E-state index contributed by atoms with van der Waals surface area (Å²) in [5, 5.41) is 0. The maximum absolute atomic E-state index is 2.58. The fourth-order valence-corrected chi connectivity index (χ4v) is 2.96. The third-order valence-corrected chi connectivity index (χ3v) is 4.78. The van der Waals surface area contributed by atoms with Crippen molar-refractivity contribution in [1.29, 1.82) is 0 Å². The molecule has 3 heteroatoms. The topological polar surface area (TPSA) is 3.24 Å². The Bertz CT molecular complexity index is 40.7. The van der Waals surface area contributed by atoms with Gasteiger partial charge in [0.2, 0.25) is 0 Å². The largest absolute Gasteiger partial charge is 0.358 e. The highest BCUT2D eigenvalue weighted by molar-refractivity contribution is 6.41. The molecule has 0 spiro atoms. The van der Waals surface area contributed by atoms with Crippen molar-refractivity contribution >= 4 is 20.1 Å². The van der Waals surface area contributed by atoms with E-state index in [9.17, 15) is 0 Å². The van der Waals surface area contributed by atoms with Crippen molar-refractivity contribution in [3.63, 3.8) is 0 Å². The third-order valence-electron chi connectivity index (χ3n) is 1.15. The molecule has 0 unspecified atom stereocenters. The predicted molar refractivity (Wildman–Crippen MR) is 41.3 cm³/mol. The van der Waals surface area contributed by atoms with Gasteiger partial charge in [-0.3, -0.25) is 0 Å². The summed E-state index contributed by atoms with van der Waals surface area (Å²) in [5.74, 6) is 0. The Kier molecular flexibility index (Phi) is 4.81. The van der Waals surface area contributed by atoms with Gasteiger partial charge >= 0.3 is 0 Å². The van der Waals surface area contributed by atoms with Gasteiger partial charge < -0.3 is 4.23 Å². The summed E-state index contributed by atoms with van der Waals surface area (Å²) in [5.41, 5.74) is 0. The fourth-order valence-electron chi connectivity index (χ4n) is 0.540. The second kappa shape index (κ2) is 4.55. The number of hydrogen-bond donors (Lipinski definition) is 0. The summed E-state index contributed by atoms with van der Waals surface area (Å²) in [6.45, 7) is 5.83. The lowest BCUT2D eigenvalue weighted by Gasteiger charge is -2.10. The SMILES string of the molecule is CC[SiH2]N([SiH3])CC. The van der Waals surface area contributed by atoms with E-state index in [4.69, 9.17) is 0 Å². The summed E-state index contributed by atoms with van der Waals surface area (Å²) in [4.78, 5) is 0. The van der Waals surface area contributed by atoms with Gasteiger partial charge in [0, 0.05) is 0 Å². The molecule has 1 nitrogen and oxygen atoms in total. The van der Waals surface area contributed by atoms with Gasteiger partial charge in [-0.2, -0.15) is 0 Å². The first-order valence-electron chi connectivity index (χ1n) is 2.99. The molecule has 0 aliphatic carbocycles. The molecule has 0 atom stereocenters. The van der Waals surface area contributed by atoms with Crippen molar-refractivity contribution in [3.05, 3.63) is 0 Å². The molecule has 0 amide bonds. The first-order valence-corrected chi connectivity index (χ1v) is 5.52. The summed E-state index contributed by atoms with van der Waals surface area (Å²) < 4.78 is 2.58. The van der Waals surface area contributed by atoms with Gasteiger partial charge in [-0.25, -0.2) is 0 Å². The molecule has 7 heavy (non-hydrogen) atoms. The van der Waals surface area contributed by atoms with Crippen LogP contribution in [0, 0.1) is 0 Å². The van der Waals surface area contributed by atoms with Crippen LogP contribution in [-0.2, 0) is 0 Å². The maximum atomic E-state index is 2.58. The Morgan fingerprint density at radius 1 is 1.57 bits per heavy atom. The van der Waals surface area contributed by atoms with E-state index < -0.39 is 0 Å². The van der Waals surface area contributed by atoms with Gasteiger partial charge in [0.15, 0.2) is 0 Å². The third kappa shape index (κ3) is 4.24. The van der Waals surface area contributed by atoms with Crippen LogP contribution in [0.2, 0.25) is 6.04 Å². The highest BCUT2D eigenvalue weighted by Gasteiger charge is 1.87. The molecule has 44 valence electrons. The lowest BCUT2D eigenvalue weighted by atomic mass is 10.8. The van der Waals surface area contributed by atoms with Crippen molar-refractivity contribution in [3.8, 4) is 0 Å². The van der Waals surface area contributed by atoms with E-state index in [0.29, 0.717) is 0 Å². The van der Waals surface area contributed by atoms with Gasteiger partial charge in [0.25, 0.3) is 0 Å². The van der Waals surface area contributed by atoms with Crippen molar-refractivity contribution in [2.24, 2.45) is 0 Å². The predicted octanol–water partition coefficient (Wildman–Crippen LogP) is -0.889. The van der Waals surface area contributed by atoms with Crippen LogP contribution in [0.4, 0.5) is 0 Å². The molecule has 0 aromatic heterocycles. The number of nitrogens with zero attached hydrogens (tertiary/aromatic N) is 1. The molecule has 0 saturated carbocycles. The number of rotatable bonds is 3. The van der Waals surface area contributed by atoms with Crippen molar-refractivity contribution < 1.29 is 0 Å². The minimum Gasteiger partial charge on any atom is -0.358 e. The van der Waals surface area contributed by atoms with E-state index >= 15 is 0 Å². The maximum Gasteiger partial charge on any atom is 0.0866 e. The van der Waals surface area contributed by atoms with Gasteiger partial charge in [-0.15, -0.1) is 0 Å². The molecule has 0 bridgehead atoms. The smallest absolute Gasteiger partial charge is 0.0866 e. The van der Waals surface area contributed by atoms with Crippen molar-refractivity contribution in [2.75, 3.05) is 6.54 Å². The Morgan fingerprint density at radius 2 is 2.14 bits per heavy atom. The summed E-state index contributed by atoms with van der Waals surface area (Å²) in [6, 6.07) is 1.44. The molecule has 0 aliphatic heterocycles. The zero-order valence-electron chi connectivity index (χ0n) is 5.57. The van der Waals surface area contributed by atoms with E-state index in [1.807, 2.05) is 0 Å². The molecule has 0 aromatic carbocycles. The monoisotopic (exact) mass is 133 g/mol. The average Bonchev–Trinajstić information content (AvgIpc) is 1.68. The summed E-state index contributed by atoms with van der Waals surface area (Å²) in [7, 11) is 1.54. The van der Waals surface area contributed by atoms with Crippen LogP contribution >= 0.6 is 0 Å². The highest BCUT2D eigenvalue weighted by atomic mass is 28.3. The normalized spacial score (nSPS) is 12.4. The van der Waals surface area contributed by atoms with E-state index in [2.05, 4.69) is 18.1 Å². The molecule has 0 heterocycles. The van der Waals surface area contributed by atoms with Gasteiger partial charge in [-0.1, -0.05) is 19.9 Å². The van der Waals surface area contributed by atoms with Crippen LogP contribution in [0.15, 0.2) is 0 Å². The minimum atomic E-state index is 0.241. The van der Waals surface area contributed by atoms with Crippen LogP contribution in [0.3, 0.4) is 0 Å². The molecular weight excluding hydrogens is 118 g/mol. The van der Waals surface area contributed by atoms with Crippen LogP contribution in [0.25, 0.3) is 0 Å². The molecule has 0 N–H and O–H groups in total. The number of hydrogen-bond acceptors (Lipinski definition) is 1. The molecular formula is C4H15NSi2. The van der Waals surface area contributed by atoms with E-state index in [-0.39, 0.29) is 9.68 Å². The first-order chi connectivity index (χ1) is 3.31. The molecule has 0 aliphatic rings. The Hall–Kier alpha value is 0.394. The second-order valence-electron chi connectivity index (χ2n) is 1.90. The lowest BCUT2D eigenvalue weighted by Crippen LogP contribution is -2.23. The first kappa shape index (κ1) is 7.39. The quantitative estimate of drug-likeness (QED) is 0.452. The highest BCUT2D eigenvalue weighted by Crippen LogP contribution is 1.78. The summed E-state index contributed by atoms with van der Waals surface area (Å²) >= 11 is 0. The molecule has 0 radical (unpaired) electrons. The zero-order chi connectivity index (χ0) is 5.70. The van der Waals surface area contributed by atoms with Crippen LogP contribution in [0.5, 0.6) is 0 Å².